The number of rotatable bonds is 6. The minimum Gasteiger partial charge on any atom is -0.508 e. The Morgan fingerprint density at radius 2 is 1.96 bits per heavy atom. The number of benzene rings is 2. The fourth-order valence-electron chi connectivity index (χ4n) is 2.12. The average molecular weight is 334 g/mol. The molecule has 0 aliphatic rings. The Morgan fingerprint density at radius 3 is 2.64 bits per heavy atom. The lowest BCUT2D eigenvalue weighted by Crippen LogP contribution is -2.24. The molecule has 0 saturated heterocycles. The number of phenolic OH excluding ortho intramolecular Hbond substituents is 1. The van der Waals surface area contributed by atoms with Crippen molar-refractivity contribution < 1.29 is 14.6 Å². The Balaban J connectivity index is 2.00. The summed E-state index contributed by atoms with van der Waals surface area (Å²) in [7, 11) is 1.56. The van der Waals surface area contributed by atoms with E-state index in [0.29, 0.717) is 5.75 Å². The van der Waals surface area contributed by atoms with Crippen LogP contribution < -0.4 is 10.1 Å². The molecule has 2 aromatic rings. The molecule has 0 aliphatic heterocycles. The van der Waals surface area contributed by atoms with Crippen molar-refractivity contribution in [2.45, 2.75) is 6.54 Å². The minimum absolute atomic E-state index is 0.00456. The predicted octanol–water partition coefficient (Wildman–Crippen LogP) is 3.18. The number of methoxy groups -OCH3 is 1. The summed E-state index contributed by atoms with van der Waals surface area (Å²) in [6, 6.07) is 15.8. The van der Waals surface area contributed by atoms with Crippen molar-refractivity contribution >= 4 is 12.0 Å². The zero-order valence-corrected chi connectivity index (χ0v) is 13.8. The Labute approximate surface area is 146 Å². The molecule has 0 heterocycles. The van der Waals surface area contributed by atoms with Crippen LogP contribution in [0.1, 0.15) is 11.1 Å². The summed E-state index contributed by atoms with van der Waals surface area (Å²) in [4.78, 5) is 12.1. The number of allylic oxidation sites excluding steroid dienone is 2. The van der Waals surface area contributed by atoms with Gasteiger partial charge in [-0.1, -0.05) is 42.5 Å². The number of para-hydroxylation sites is 1. The summed E-state index contributed by atoms with van der Waals surface area (Å²) >= 11 is 0. The Bertz CT molecular complexity index is 831. The van der Waals surface area contributed by atoms with Gasteiger partial charge in [0.1, 0.15) is 23.1 Å². The number of hydrogen-bond donors (Lipinski definition) is 2. The molecular formula is C20H18N2O3. The zero-order chi connectivity index (χ0) is 18.1. The van der Waals surface area contributed by atoms with Crippen molar-refractivity contribution in [3.63, 3.8) is 0 Å². The number of phenols is 1. The van der Waals surface area contributed by atoms with E-state index in [9.17, 15) is 9.90 Å². The second kappa shape index (κ2) is 8.94. The van der Waals surface area contributed by atoms with Crippen molar-refractivity contribution in [3.8, 4) is 17.6 Å². The van der Waals surface area contributed by atoms with Crippen molar-refractivity contribution in [3.05, 3.63) is 77.4 Å². The first kappa shape index (κ1) is 17.8. The number of amides is 1. The quantitative estimate of drug-likeness (QED) is 0.483. The third kappa shape index (κ3) is 5.26. The van der Waals surface area contributed by atoms with E-state index >= 15 is 0 Å². The summed E-state index contributed by atoms with van der Waals surface area (Å²) in [5, 5.41) is 21.1. The number of ether oxygens (including phenoxy) is 1. The summed E-state index contributed by atoms with van der Waals surface area (Å²) in [6.07, 6.45) is 4.81. The average Bonchev–Trinajstić information content (AvgIpc) is 2.65. The van der Waals surface area contributed by atoms with Gasteiger partial charge in [-0.05, 0) is 29.8 Å². The molecule has 2 rings (SSSR count). The third-order valence-corrected chi connectivity index (χ3v) is 3.44. The van der Waals surface area contributed by atoms with Gasteiger partial charge in [-0.15, -0.1) is 0 Å². The van der Waals surface area contributed by atoms with Crippen LogP contribution in [0.15, 0.2) is 66.3 Å². The Morgan fingerprint density at radius 1 is 1.24 bits per heavy atom. The number of nitriles is 1. The first-order valence-electron chi connectivity index (χ1n) is 7.61. The molecule has 0 aliphatic carbocycles. The number of carbonyl (C=O) groups is 1. The highest BCUT2D eigenvalue weighted by molar-refractivity contribution is 5.97. The molecule has 1 amide bonds. The van der Waals surface area contributed by atoms with E-state index in [1.54, 1.807) is 43.5 Å². The van der Waals surface area contributed by atoms with Crippen molar-refractivity contribution in [1.82, 2.24) is 5.32 Å². The van der Waals surface area contributed by atoms with Gasteiger partial charge in [0.15, 0.2) is 0 Å². The van der Waals surface area contributed by atoms with Gasteiger partial charge in [-0.2, -0.15) is 5.26 Å². The van der Waals surface area contributed by atoms with Crippen LogP contribution in [0.25, 0.3) is 6.08 Å². The lowest BCUT2D eigenvalue weighted by molar-refractivity contribution is -0.117. The van der Waals surface area contributed by atoms with Gasteiger partial charge in [0, 0.05) is 12.1 Å². The molecule has 0 radical (unpaired) electrons. The SMILES string of the molecule is COc1ccccc1CNC(=O)C(C#N)=CC=Cc1ccc(O)cc1. The van der Waals surface area contributed by atoms with Gasteiger partial charge in [0.25, 0.3) is 5.91 Å². The first-order chi connectivity index (χ1) is 12.1. The largest absolute Gasteiger partial charge is 0.508 e. The van der Waals surface area contributed by atoms with Crippen LogP contribution in [0.4, 0.5) is 0 Å². The number of aromatic hydroxyl groups is 1. The number of nitrogens with zero attached hydrogens (tertiary/aromatic N) is 1. The summed E-state index contributed by atoms with van der Waals surface area (Å²) < 4.78 is 5.23. The first-order valence-corrected chi connectivity index (χ1v) is 7.61. The van der Waals surface area contributed by atoms with Crippen LogP contribution in [0.2, 0.25) is 0 Å². The third-order valence-electron chi connectivity index (χ3n) is 3.44. The molecule has 0 bridgehead atoms. The second-order valence-corrected chi connectivity index (χ2v) is 5.14. The molecule has 2 aromatic carbocycles. The number of nitrogens with one attached hydrogen (secondary N) is 1. The van der Waals surface area contributed by atoms with Crippen LogP contribution in [0, 0.1) is 11.3 Å². The van der Waals surface area contributed by atoms with E-state index < -0.39 is 5.91 Å². The molecule has 25 heavy (non-hydrogen) atoms. The second-order valence-electron chi connectivity index (χ2n) is 5.14. The number of carbonyl (C=O) groups excluding carboxylic acids is 1. The summed E-state index contributed by atoms with van der Waals surface area (Å²) in [5.74, 6) is 0.405. The maximum absolute atomic E-state index is 12.1. The normalized spacial score (nSPS) is 11.1. The molecule has 0 aromatic heterocycles. The van der Waals surface area contributed by atoms with Gasteiger partial charge >= 0.3 is 0 Å². The topological polar surface area (TPSA) is 82.3 Å². The van der Waals surface area contributed by atoms with Gasteiger partial charge in [0.05, 0.1) is 7.11 Å². The highest BCUT2D eigenvalue weighted by atomic mass is 16.5. The maximum Gasteiger partial charge on any atom is 0.262 e. The van der Waals surface area contributed by atoms with Crippen molar-refractivity contribution in [2.24, 2.45) is 0 Å². The van der Waals surface area contributed by atoms with E-state index in [2.05, 4.69) is 5.32 Å². The van der Waals surface area contributed by atoms with E-state index in [1.807, 2.05) is 30.3 Å². The van der Waals surface area contributed by atoms with E-state index in [0.717, 1.165) is 11.1 Å². The molecule has 5 heteroatoms. The molecule has 0 saturated carbocycles. The lowest BCUT2D eigenvalue weighted by Gasteiger charge is -2.08. The molecule has 5 nitrogen and oxygen atoms in total. The maximum atomic E-state index is 12.1. The van der Waals surface area contributed by atoms with Crippen LogP contribution >= 0.6 is 0 Å². The monoisotopic (exact) mass is 334 g/mol. The van der Waals surface area contributed by atoms with Crippen LogP contribution in [0.5, 0.6) is 11.5 Å². The molecule has 0 spiro atoms. The lowest BCUT2D eigenvalue weighted by atomic mass is 10.1. The molecule has 2 N–H and O–H groups in total. The molecule has 0 atom stereocenters. The van der Waals surface area contributed by atoms with E-state index in [4.69, 9.17) is 10.00 Å². The molecular weight excluding hydrogens is 316 g/mol. The summed E-state index contributed by atoms with van der Waals surface area (Å²) in [5.41, 5.74) is 1.68. The molecule has 0 fully saturated rings. The minimum atomic E-state index is -0.455. The van der Waals surface area contributed by atoms with E-state index in [1.165, 1.54) is 6.08 Å². The van der Waals surface area contributed by atoms with Gasteiger partial charge in [-0.3, -0.25) is 4.79 Å². The van der Waals surface area contributed by atoms with Gasteiger partial charge in [-0.25, -0.2) is 0 Å². The molecule has 126 valence electrons. The van der Waals surface area contributed by atoms with Gasteiger partial charge in [0.2, 0.25) is 0 Å². The van der Waals surface area contributed by atoms with Crippen LogP contribution in [-0.2, 0) is 11.3 Å². The Kier molecular flexibility index (Phi) is 6.38. The highest BCUT2D eigenvalue weighted by Crippen LogP contribution is 2.16. The standard InChI is InChI=1S/C20H18N2O3/c1-25-19-8-3-2-6-17(19)14-22-20(24)16(13-21)7-4-5-15-9-11-18(23)12-10-15/h2-12,23H,14H2,1H3,(H,22,24). The fourth-order valence-corrected chi connectivity index (χ4v) is 2.12. The van der Waals surface area contributed by atoms with Gasteiger partial charge < -0.3 is 15.2 Å². The smallest absolute Gasteiger partial charge is 0.262 e. The predicted molar refractivity (Wildman–Crippen MR) is 95.7 cm³/mol. The zero-order valence-electron chi connectivity index (χ0n) is 13.8. The van der Waals surface area contributed by atoms with Crippen LogP contribution in [0.3, 0.4) is 0 Å². The van der Waals surface area contributed by atoms with Crippen LogP contribution in [-0.4, -0.2) is 18.1 Å². The van der Waals surface area contributed by atoms with E-state index in [-0.39, 0.29) is 17.9 Å². The van der Waals surface area contributed by atoms with Crippen molar-refractivity contribution in [1.29, 1.82) is 5.26 Å². The highest BCUT2D eigenvalue weighted by Gasteiger charge is 2.09. The Hall–Kier alpha value is -3.52. The number of hydrogen-bond acceptors (Lipinski definition) is 4. The van der Waals surface area contributed by atoms with Crippen molar-refractivity contribution in [2.75, 3.05) is 7.11 Å². The molecule has 0 unspecified atom stereocenters. The summed E-state index contributed by atoms with van der Waals surface area (Å²) in [6.45, 7) is 0.267. The fraction of sp³-hybridized carbons (Fsp3) is 0.100.